The summed E-state index contributed by atoms with van der Waals surface area (Å²) in [5.74, 6) is -0.124. The monoisotopic (exact) mass is 515 g/mol. The van der Waals surface area contributed by atoms with Crippen molar-refractivity contribution >= 4 is 5.91 Å². The third-order valence-electron chi connectivity index (χ3n) is 8.11. The van der Waals surface area contributed by atoms with E-state index in [1.807, 2.05) is 0 Å². The number of rotatable bonds is 8. The molecule has 3 aliphatic rings. The van der Waals surface area contributed by atoms with Crippen molar-refractivity contribution in [1.29, 1.82) is 0 Å². The summed E-state index contributed by atoms with van der Waals surface area (Å²) < 4.78 is 50.9. The third kappa shape index (κ3) is 5.55. The van der Waals surface area contributed by atoms with Crippen LogP contribution in [0.2, 0.25) is 0 Å². The molecule has 1 aliphatic carbocycles. The van der Waals surface area contributed by atoms with Crippen LogP contribution in [0.4, 0.5) is 13.2 Å². The van der Waals surface area contributed by atoms with Crippen LogP contribution in [0.3, 0.4) is 0 Å². The van der Waals surface area contributed by atoms with E-state index in [0.717, 1.165) is 25.1 Å². The van der Waals surface area contributed by atoms with Crippen LogP contribution in [-0.4, -0.2) is 95.7 Å². The van der Waals surface area contributed by atoms with Crippen LogP contribution >= 0.6 is 0 Å². The standard InChI is InChI=1S/C25H36F3N3O5/c1-35-22-16-36-11-4-21(22)31(8-10-33)19-2-5-24(13-19,6-9-32)23(34)30-7-3-20-17(15-30)12-18(14-29-20)25(26,27)28/h12,14,19,21-22,32-33H,2-11,13,15-16H2,1H3/t19?,21?,22?,24-/m1/s1. The molecule has 202 valence electrons. The molecule has 0 radical (unpaired) electrons. The van der Waals surface area contributed by atoms with E-state index in [0.29, 0.717) is 63.2 Å². The van der Waals surface area contributed by atoms with Gasteiger partial charge in [-0.2, -0.15) is 13.2 Å². The number of aliphatic hydroxyl groups excluding tert-OH is 2. The first-order chi connectivity index (χ1) is 17.2. The lowest BCUT2D eigenvalue weighted by Gasteiger charge is -2.43. The Morgan fingerprint density at radius 3 is 2.83 bits per heavy atom. The number of carbonyl (C=O) groups is 1. The fourth-order valence-electron chi connectivity index (χ4n) is 6.25. The minimum atomic E-state index is -4.49. The van der Waals surface area contributed by atoms with Crippen molar-refractivity contribution in [2.24, 2.45) is 5.41 Å². The van der Waals surface area contributed by atoms with Crippen LogP contribution in [0.15, 0.2) is 12.3 Å². The highest BCUT2D eigenvalue weighted by Crippen LogP contribution is 2.46. The van der Waals surface area contributed by atoms with Crippen LogP contribution < -0.4 is 0 Å². The Kier molecular flexibility index (Phi) is 8.56. The fraction of sp³-hybridized carbons (Fsp3) is 0.760. The number of ether oxygens (including phenoxy) is 2. The van der Waals surface area contributed by atoms with Crippen LogP contribution in [0, 0.1) is 5.41 Å². The molecule has 0 aromatic carbocycles. The minimum Gasteiger partial charge on any atom is -0.396 e. The van der Waals surface area contributed by atoms with Crippen molar-refractivity contribution in [3.8, 4) is 0 Å². The van der Waals surface area contributed by atoms with Crippen molar-refractivity contribution in [2.75, 3.05) is 46.6 Å². The van der Waals surface area contributed by atoms with Crippen molar-refractivity contribution in [3.05, 3.63) is 29.1 Å². The lowest BCUT2D eigenvalue weighted by atomic mass is 9.80. The van der Waals surface area contributed by atoms with E-state index in [-0.39, 0.29) is 43.9 Å². The molecule has 1 saturated carbocycles. The summed E-state index contributed by atoms with van der Waals surface area (Å²) >= 11 is 0. The van der Waals surface area contributed by atoms with Crippen molar-refractivity contribution < 1.29 is 37.7 Å². The smallest absolute Gasteiger partial charge is 0.396 e. The maximum absolute atomic E-state index is 13.9. The number of fused-ring (bicyclic) bond motifs is 1. The fourth-order valence-corrected chi connectivity index (χ4v) is 6.25. The summed E-state index contributed by atoms with van der Waals surface area (Å²) in [6, 6.07) is 1.16. The second-order valence-corrected chi connectivity index (χ2v) is 10.1. The Hall–Kier alpha value is -1.79. The number of aliphatic hydroxyl groups is 2. The van der Waals surface area contributed by atoms with Gasteiger partial charge in [-0.05, 0) is 43.7 Å². The van der Waals surface area contributed by atoms with E-state index in [2.05, 4.69) is 9.88 Å². The molecule has 11 heteroatoms. The topological polar surface area (TPSA) is 95.4 Å². The van der Waals surface area contributed by atoms with Gasteiger partial charge in [0, 0.05) is 70.4 Å². The quantitative estimate of drug-likeness (QED) is 0.547. The van der Waals surface area contributed by atoms with Gasteiger partial charge in [-0.3, -0.25) is 14.7 Å². The molecule has 2 fully saturated rings. The second kappa shape index (κ2) is 11.3. The highest BCUT2D eigenvalue weighted by molar-refractivity contribution is 5.83. The Labute approximate surface area is 209 Å². The predicted octanol–water partition coefficient (Wildman–Crippen LogP) is 2.00. The largest absolute Gasteiger partial charge is 0.417 e. The number of methoxy groups -OCH3 is 1. The Morgan fingerprint density at radius 2 is 2.14 bits per heavy atom. The SMILES string of the molecule is COC1COCCC1N(CCO)C1CC[C@](CCO)(C(=O)N2CCc3ncc(C(F)(F)F)cc3C2)C1. The molecule has 1 aromatic heterocycles. The first kappa shape index (κ1) is 27.3. The van der Waals surface area contributed by atoms with Gasteiger partial charge in [0.15, 0.2) is 0 Å². The van der Waals surface area contributed by atoms with Gasteiger partial charge in [0.05, 0.1) is 30.3 Å². The zero-order chi connectivity index (χ0) is 25.9. The van der Waals surface area contributed by atoms with Crippen LogP contribution in [0.1, 0.15) is 48.9 Å². The lowest BCUT2D eigenvalue weighted by molar-refractivity contribution is -0.144. The summed E-state index contributed by atoms with van der Waals surface area (Å²) in [4.78, 5) is 21.7. The van der Waals surface area contributed by atoms with Gasteiger partial charge in [-0.25, -0.2) is 0 Å². The number of carbonyl (C=O) groups excluding carboxylic acids is 1. The lowest BCUT2D eigenvalue weighted by Crippen LogP contribution is -2.54. The van der Waals surface area contributed by atoms with Gasteiger partial charge in [0.2, 0.25) is 5.91 Å². The zero-order valence-electron chi connectivity index (χ0n) is 20.7. The number of halogens is 3. The van der Waals surface area contributed by atoms with Gasteiger partial charge in [-0.15, -0.1) is 0 Å². The summed E-state index contributed by atoms with van der Waals surface area (Å²) in [5, 5.41) is 19.7. The second-order valence-electron chi connectivity index (χ2n) is 10.1. The number of amides is 1. The van der Waals surface area contributed by atoms with Gasteiger partial charge < -0.3 is 24.6 Å². The number of aromatic nitrogens is 1. The highest BCUT2D eigenvalue weighted by atomic mass is 19.4. The van der Waals surface area contributed by atoms with E-state index in [1.165, 1.54) is 0 Å². The summed E-state index contributed by atoms with van der Waals surface area (Å²) in [6.07, 6.45) is -0.517. The van der Waals surface area contributed by atoms with Gasteiger partial charge >= 0.3 is 6.18 Å². The van der Waals surface area contributed by atoms with Crippen LogP contribution in [0.25, 0.3) is 0 Å². The number of nitrogens with zero attached hydrogens (tertiary/aromatic N) is 3. The van der Waals surface area contributed by atoms with Gasteiger partial charge in [0.25, 0.3) is 0 Å². The molecule has 8 nitrogen and oxygen atoms in total. The summed E-state index contributed by atoms with van der Waals surface area (Å²) in [5.41, 5.74) is -0.602. The van der Waals surface area contributed by atoms with E-state index in [9.17, 15) is 28.2 Å². The van der Waals surface area contributed by atoms with Crippen LogP contribution in [0.5, 0.6) is 0 Å². The summed E-state index contributed by atoms with van der Waals surface area (Å²) in [6.45, 7) is 1.80. The van der Waals surface area contributed by atoms with Crippen molar-refractivity contribution in [2.45, 2.75) is 69.4 Å². The zero-order valence-corrected chi connectivity index (χ0v) is 20.7. The van der Waals surface area contributed by atoms with Crippen LogP contribution in [-0.2, 0) is 33.4 Å². The molecule has 3 heterocycles. The molecule has 2 aliphatic heterocycles. The number of alkyl halides is 3. The molecule has 4 rings (SSSR count). The Morgan fingerprint density at radius 1 is 1.33 bits per heavy atom. The van der Waals surface area contributed by atoms with E-state index in [1.54, 1.807) is 12.0 Å². The molecular weight excluding hydrogens is 479 g/mol. The number of hydrogen-bond donors (Lipinski definition) is 2. The van der Waals surface area contributed by atoms with Crippen molar-refractivity contribution in [3.63, 3.8) is 0 Å². The molecule has 1 amide bonds. The first-order valence-electron chi connectivity index (χ1n) is 12.6. The molecule has 0 spiro atoms. The van der Waals surface area contributed by atoms with E-state index < -0.39 is 17.2 Å². The molecule has 0 bridgehead atoms. The average molecular weight is 516 g/mol. The molecule has 4 atom stereocenters. The molecule has 1 saturated heterocycles. The predicted molar refractivity (Wildman–Crippen MR) is 124 cm³/mol. The highest BCUT2D eigenvalue weighted by Gasteiger charge is 2.50. The maximum atomic E-state index is 13.9. The Balaban J connectivity index is 1.53. The molecule has 1 aromatic rings. The molecule has 36 heavy (non-hydrogen) atoms. The molecule has 2 N–H and O–H groups in total. The maximum Gasteiger partial charge on any atom is 0.417 e. The molecular formula is C25H36F3N3O5. The Bertz CT molecular complexity index is 917. The third-order valence-corrected chi connectivity index (χ3v) is 8.11. The van der Waals surface area contributed by atoms with E-state index >= 15 is 0 Å². The normalized spacial score (nSPS) is 29.0. The average Bonchev–Trinajstić information content (AvgIpc) is 3.30. The van der Waals surface area contributed by atoms with Gasteiger partial charge in [-0.1, -0.05) is 0 Å². The van der Waals surface area contributed by atoms with E-state index in [4.69, 9.17) is 9.47 Å². The number of pyridine rings is 1. The van der Waals surface area contributed by atoms with Gasteiger partial charge in [0.1, 0.15) is 0 Å². The molecule has 3 unspecified atom stereocenters. The minimum absolute atomic E-state index is 0.0176. The van der Waals surface area contributed by atoms with Crippen molar-refractivity contribution in [1.82, 2.24) is 14.8 Å². The first-order valence-corrected chi connectivity index (χ1v) is 12.6. The number of hydrogen-bond acceptors (Lipinski definition) is 7. The summed E-state index contributed by atoms with van der Waals surface area (Å²) in [7, 11) is 1.64.